The van der Waals surface area contributed by atoms with E-state index in [2.05, 4.69) is 6.92 Å². The van der Waals surface area contributed by atoms with Crippen LogP contribution in [0.2, 0.25) is 0 Å². The maximum absolute atomic E-state index is 12.0. The molecule has 0 radical (unpaired) electrons. The first kappa shape index (κ1) is 13.9. The number of nitrogens with zero attached hydrogens (tertiary/aromatic N) is 1. The van der Waals surface area contributed by atoms with Crippen molar-refractivity contribution in [2.24, 2.45) is 23.7 Å². The van der Waals surface area contributed by atoms with E-state index < -0.39 is 0 Å². The van der Waals surface area contributed by atoms with Crippen LogP contribution in [0.3, 0.4) is 0 Å². The molecule has 1 N–H and O–H groups in total. The van der Waals surface area contributed by atoms with Gasteiger partial charge in [-0.3, -0.25) is 4.79 Å². The summed E-state index contributed by atoms with van der Waals surface area (Å²) in [7, 11) is 0. The minimum Gasteiger partial charge on any atom is -0.395 e. The number of hydrogen-bond acceptors (Lipinski definition) is 2. The summed E-state index contributed by atoms with van der Waals surface area (Å²) in [5.74, 6) is 3.40. The van der Waals surface area contributed by atoms with Crippen molar-refractivity contribution >= 4 is 5.91 Å². The molecule has 2 aliphatic carbocycles. The summed E-state index contributed by atoms with van der Waals surface area (Å²) in [5, 5.41) is 9.13. The molecule has 2 bridgehead atoms. The Kier molecular flexibility index (Phi) is 4.66. The van der Waals surface area contributed by atoms with Crippen LogP contribution >= 0.6 is 0 Å². The third kappa shape index (κ3) is 2.71. The van der Waals surface area contributed by atoms with E-state index in [4.69, 9.17) is 5.11 Å². The summed E-state index contributed by atoms with van der Waals surface area (Å²) < 4.78 is 0. The first-order chi connectivity index (χ1) is 8.67. The van der Waals surface area contributed by atoms with Crippen molar-refractivity contribution in [3.8, 4) is 0 Å². The molecule has 0 heterocycles. The zero-order valence-corrected chi connectivity index (χ0v) is 11.8. The molecule has 0 saturated heterocycles. The van der Waals surface area contributed by atoms with Crippen LogP contribution in [0.15, 0.2) is 0 Å². The number of aliphatic hydroxyl groups is 1. The molecule has 2 saturated carbocycles. The van der Waals surface area contributed by atoms with E-state index in [1.807, 2.05) is 11.8 Å². The zero-order valence-electron chi connectivity index (χ0n) is 11.8. The summed E-state index contributed by atoms with van der Waals surface area (Å²) in [6.45, 7) is 5.87. The molecular weight excluding hydrogens is 226 g/mol. The fourth-order valence-electron chi connectivity index (χ4n) is 4.08. The van der Waals surface area contributed by atoms with Gasteiger partial charge in [0, 0.05) is 19.5 Å². The molecule has 3 heteroatoms. The Morgan fingerprint density at radius 1 is 1.33 bits per heavy atom. The monoisotopic (exact) mass is 253 g/mol. The number of hydrogen-bond donors (Lipinski definition) is 1. The number of carbonyl (C=O) groups is 1. The van der Waals surface area contributed by atoms with Gasteiger partial charge in [-0.1, -0.05) is 13.8 Å². The third-order valence-electron chi connectivity index (χ3n) is 5.16. The maximum Gasteiger partial charge on any atom is 0.222 e. The number of amides is 1. The van der Waals surface area contributed by atoms with Crippen molar-refractivity contribution < 1.29 is 9.90 Å². The first-order valence-corrected chi connectivity index (χ1v) is 7.56. The summed E-state index contributed by atoms with van der Waals surface area (Å²) >= 11 is 0. The molecule has 1 amide bonds. The van der Waals surface area contributed by atoms with Gasteiger partial charge in [-0.25, -0.2) is 0 Å². The van der Waals surface area contributed by atoms with Crippen molar-refractivity contribution in [2.75, 3.05) is 19.7 Å². The highest BCUT2D eigenvalue weighted by atomic mass is 16.3. The Balaban J connectivity index is 1.94. The van der Waals surface area contributed by atoms with Crippen molar-refractivity contribution in [3.63, 3.8) is 0 Å². The highest BCUT2D eigenvalue weighted by Crippen LogP contribution is 2.52. The molecule has 18 heavy (non-hydrogen) atoms. The third-order valence-corrected chi connectivity index (χ3v) is 5.16. The van der Waals surface area contributed by atoms with E-state index in [9.17, 15) is 4.79 Å². The van der Waals surface area contributed by atoms with Gasteiger partial charge in [0.05, 0.1) is 6.61 Å². The van der Waals surface area contributed by atoms with Crippen LogP contribution in [0.5, 0.6) is 0 Å². The van der Waals surface area contributed by atoms with Crippen LogP contribution in [0.1, 0.15) is 46.0 Å². The van der Waals surface area contributed by atoms with Crippen LogP contribution in [0, 0.1) is 23.7 Å². The highest BCUT2D eigenvalue weighted by Gasteiger charge is 2.45. The average Bonchev–Trinajstić information content (AvgIpc) is 2.92. The second-order valence-corrected chi connectivity index (χ2v) is 6.17. The molecule has 3 nitrogen and oxygen atoms in total. The second-order valence-electron chi connectivity index (χ2n) is 6.17. The molecule has 0 aromatic rings. The fraction of sp³-hybridized carbons (Fsp3) is 0.933. The predicted molar refractivity (Wildman–Crippen MR) is 72.1 cm³/mol. The molecule has 4 atom stereocenters. The molecule has 0 aromatic carbocycles. The lowest BCUT2D eigenvalue weighted by Crippen LogP contribution is -2.40. The van der Waals surface area contributed by atoms with E-state index in [-0.39, 0.29) is 12.5 Å². The van der Waals surface area contributed by atoms with E-state index in [0.717, 1.165) is 30.7 Å². The van der Waals surface area contributed by atoms with Gasteiger partial charge >= 0.3 is 0 Å². The van der Waals surface area contributed by atoms with Crippen LogP contribution in [-0.4, -0.2) is 35.6 Å². The number of fused-ring (bicyclic) bond motifs is 2. The fourth-order valence-corrected chi connectivity index (χ4v) is 4.08. The summed E-state index contributed by atoms with van der Waals surface area (Å²) in [4.78, 5) is 14.0. The number of aliphatic hydroxyl groups excluding tert-OH is 1. The molecule has 0 spiro atoms. The molecule has 104 valence electrons. The topological polar surface area (TPSA) is 40.5 Å². The molecule has 2 rings (SSSR count). The van der Waals surface area contributed by atoms with Gasteiger partial charge in [0.25, 0.3) is 0 Å². The molecule has 4 unspecified atom stereocenters. The van der Waals surface area contributed by atoms with E-state index in [0.29, 0.717) is 18.9 Å². The quantitative estimate of drug-likeness (QED) is 0.789. The van der Waals surface area contributed by atoms with E-state index in [1.165, 1.54) is 19.3 Å². The van der Waals surface area contributed by atoms with Crippen LogP contribution in [0.4, 0.5) is 0 Å². The molecule has 0 aromatic heterocycles. The number of carbonyl (C=O) groups excluding carboxylic acids is 1. The van der Waals surface area contributed by atoms with Crippen molar-refractivity contribution in [1.82, 2.24) is 4.90 Å². The van der Waals surface area contributed by atoms with E-state index >= 15 is 0 Å². The van der Waals surface area contributed by atoms with E-state index in [1.54, 1.807) is 0 Å². The minimum atomic E-state index is 0.0879. The number of rotatable bonds is 6. The highest BCUT2D eigenvalue weighted by molar-refractivity contribution is 5.76. The van der Waals surface area contributed by atoms with Crippen LogP contribution < -0.4 is 0 Å². The Morgan fingerprint density at radius 2 is 2.06 bits per heavy atom. The van der Waals surface area contributed by atoms with Crippen molar-refractivity contribution in [2.45, 2.75) is 46.0 Å². The Morgan fingerprint density at radius 3 is 2.61 bits per heavy atom. The summed E-state index contributed by atoms with van der Waals surface area (Å²) in [6.07, 6.45) is 5.64. The largest absolute Gasteiger partial charge is 0.395 e. The van der Waals surface area contributed by atoms with Crippen molar-refractivity contribution in [1.29, 1.82) is 0 Å². The van der Waals surface area contributed by atoms with Crippen molar-refractivity contribution in [3.05, 3.63) is 0 Å². The smallest absolute Gasteiger partial charge is 0.222 e. The Labute approximate surface area is 111 Å². The van der Waals surface area contributed by atoms with Gasteiger partial charge in [0.2, 0.25) is 5.91 Å². The summed E-state index contributed by atoms with van der Waals surface area (Å²) in [5.41, 5.74) is 0. The van der Waals surface area contributed by atoms with Crippen LogP contribution in [-0.2, 0) is 4.79 Å². The Hall–Kier alpha value is -0.570. The SMILES string of the molecule is CCCC(=O)N(CCO)CC1C2CCC(C2)C1C. The maximum atomic E-state index is 12.0. The Bertz CT molecular complexity index is 290. The predicted octanol–water partition coefficient (Wildman–Crippen LogP) is 2.29. The van der Waals surface area contributed by atoms with Gasteiger partial charge in [-0.15, -0.1) is 0 Å². The van der Waals surface area contributed by atoms with Gasteiger partial charge in [0.1, 0.15) is 0 Å². The second kappa shape index (κ2) is 6.05. The molecule has 2 fully saturated rings. The molecule has 0 aliphatic heterocycles. The van der Waals surface area contributed by atoms with Gasteiger partial charge in [-0.2, -0.15) is 0 Å². The molecular formula is C15H27NO2. The standard InChI is InChI=1S/C15H27NO2/c1-3-4-15(18)16(7-8-17)10-14-11(2)12-5-6-13(14)9-12/h11-14,17H,3-10H2,1-2H3. The lowest BCUT2D eigenvalue weighted by atomic mass is 9.80. The first-order valence-electron chi connectivity index (χ1n) is 7.56. The minimum absolute atomic E-state index is 0.0879. The normalized spacial score (nSPS) is 33.9. The van der Waals surface area contributed by atoms with Crippen LogP contribution in [0.25, 0.3) is 0 Å². The van der Waals surface area contributed by atoms with Gasteiger partial charge in [0.15, 0.2) is 0 Å². The zero-order chi connectivity index (χ0) is 13.1. The molecule has 2 aliphatic rings. The lowest BCUT2D eigenvalue weighted by Gasteiger charge is -2.33. The van der Waals surface area contributed by atoms with Gasteiger partial charge < -0.3 is 10.0 Å². The van der Waals surface area contributed by atoms with Gasteiger partial charge in [-0.05, 0) is 49.4 Å². The summed E-state index contributed by atoms with van der Waals surface area (Å²) in [6, 6.07) is 0. The lowest BCUT2D eigenvalue weighted by molar-refractivity contribution is -0.132. The average molecular weight is 253 g/mol.